The second kappa shape index (κ2) is 5.99. The van der Waals surface area contributed by atoms with Gasteiger partial charge in [0.05, 0.1) is 0 Å². The van der Waals surface area contributed by atoms with E-state index in [0.29, 0.717) is 5.92 Å². The van der Waals surface area contributed by atoms with Crippen molar-refractivity contribution in [3.8, 4) is 0 Å². The molecule has 0 N–H and O–H groups in total. The van der Waals surface area contributed by atoms with Crippen LogP contribution in [0.5, 0.6) is 0 Å². The molecule has 0 aromatic rings. The summed E-state index contributed by atoms with van der Waals surface area (Å²) >= 11 is 0. The van der Waals surface area contributed by atoms with Gasteiger partial charge in [0.2, 0.25) is 0 Å². The van der Waals surface area contributed by atoms with Crippen LogP contribution in [0.25, 0.3) is 0 Å². The Morgan fingerprint density at radius 2 is 1.83 bits per heavy atom. The molecule has 0 rings (SSSR count). The van der Waals surface area contributed by atoms with Crippen LogP contribution >= 0.6 is 0 Å². The van der Waals surface area contributed by atoms with Crippen molar-refractivity contribution in [3.05, 3.63) is 12.2 Å². The lowest BCUT2D eigenvalue weighted by Crippen LogP contribution is -2.06. The van der Waals surface area contributed by atoms with Gasteiger partial charge >= 0.3 is 0 Å². The summed E-state index contributed by atoms with van der Waals surface area (Å²) in [4.78, 5) is 11.3. The first-order valence-electron chi connectivity index (χ1n) is 4.83. The van der Waals surface area contributed by atoms with Crippen LogP contribution in [-0.4, -0.2) is 5.78 Å². The maximum Gasteiger partial charge on any atom is 0.158 e. The van der Waals surface area contributed by atoms with E-state index in [4.69, 9.17) is 0 Å². The number of rotatable bonds is 5. The van der Waals surface area contributed by atoms with Gasteiger partial charge in [-0.2, -0.15) is 0 Å². The SMILES string of the molecule is CCC(C)/C=C\C(=O)C(C)CC. The molecule has 0 saturated heterocycles. The molecule has 1 nitrogen and oxygen atoms in total. The Labute approximate surface area is 75.9 Å². The molecular weight excluding hydrogens is 148 g/mol. The molecule has 12 heavy (non-hydrogen) atoms. The third kappa shape index (κ3) is 4.32. The predicted octanol–water partition coefficient (Wildman–Crippen LogP) is 3.20. The van der Waals surface area contributed by atoms with Crippen LogP contribution in [0, 0.1) is 11.8 Å². The lowest BCUT2D eigenvalue weighted by Gasteiger charge is -2.03. The van der Waals surface area contributed by atoms with Crippen LogP contribution in [0.3, 0.4) is 0 Å². The zero-order valence-electron chi connectivity index (χ0n) is 8.63. The molecule has 0 fully saturated rings. The summed E-state index contributed by atoms with van der Waals surface area (Å²) in [7, 11) is 0. The molecule has 0 heterocycles. The van der Waals surface area contributed by atoms with Gasteiger partial charge in [-0.3, -0.25) is 4.79 Å². The average Bonchev–Trinajstić information content (AvgIpc) is 2.11. The molecule has 0 aromatic heterocycles. The molecule has 0 amide bonds. The fourth-order valence-corrected chi connectivity index (χ4v) is 0.761. The van der Waals surface area contributed by atoms with Crippen molar-refractivity contribution in [2.45, 2.75) is 40.5 Å². The number of hydrogen-bond donors (Lipinski definition) is 0. The van der Waals surface area contributed by atoms with Crippen LogP contribution in [0.15, 0.2) is 12.2 Å². The second-order valence-corrected chi connectivity index (χ2v) is 3.46. The highest BCUT2D eigenvalue weighted by atomic mass is 16.1. The minimum absolute atomic E-state index is 0.185. The van der Waals surface area contributed by atoms with Crippen LogP contribution in [-0.2, 0) is 4.79 Å². The molecule has 0 radical (unpaired) electrons. The zero-order valence-corrected chi connectivity index (χ0v) is 8.63. The molecule has 70 valence electrons. The molecule has 0 aromatic carbocycles. The third-order valence-electron chi connectivity index (χ3n) is 2.33. The number of hydrogen-bond acceptors (Lipinski definition) is 1. The Bertz CT molecular complexity index is 158. The van der Waals surface area contributed by atoms with Crippen molar-refractivity contribution in [1.82, 2.24) is 0 Å². The summed E-state index contributed by atoms with van der Waals surface area (Å²) in [5, 5.41) is 0. The van der Waals surface area contributed by atoms with Crippen LogP contribution in [0.2, 0.25) is 0 Å². The lowest BCUT2D eigenvalue weighted by molar-refractivity contribution is -0.117. The van der Waals surface area contributed by atoms with Crippen molar-refractivity contribution in [2.24, 2.45) is 11.8 Å². The smallest absolute Gasteiger partial charge is 0.158 e. The van der Waals surface area contributed by atoms with Gasteiger partial charge in [-0.25, -0.2) is 0 Å². The lowest BCUT2D eigenvalue weighted by atomic mass is 10.0. The average molecular weight is 168 g/mol. The molecule has 0 aliphatic rings. The van der Waals surface area contributed by atoms with Gasteiger partial charge in [-0.1, -0.05) is 40.2 Å². The van der Waals surface area contributed by atoms with Gasteiger partial charge in [0.1, 0.15) is 0 Å². The Kier molecular flexibility index (Phi) is 5.69. The zero-order chi connectivity index (χ0) is 9.56. The molecule has 0 aliphatic heterocycles. The largest absolute Gasteiger partial charge is 0.295 e. The van der Waals surface area contributed by atoms with Crippen molar-refractivity contribution in [1.29, 1.82) is 0 Å². The Hall–Kier alpha value is -0.590. The number of carbonyl (C=O) groups is 1. The Balaban J connectivity index is 3.90. The third-order valence-corrected chi connectivity index (χ3v) is 2.33. The summed E-state index contributed by atoms with van der Waals surface area (Å²) in [6, 6.07) is 0. The molecule has 1 heteroatoms. The van der Waals surface area contributed by atoms with E-state index in [2.05, 4.69) is 13.8 Å². The fourth-order valence-electron chi connectivity index (χ4n) is 0.761. The quantitative estimate of drug-likeness (QED) is 0.576. The fraction of sp³-hybridized carbons (Fsp3) is 0.727. The maximum atomic E-state index is 11.3. The Morgan fingerprint density at radius 3 is 2.25 bits per heavy atom. The first kappa shape index (κ1) is 11.4. The standard InChI is InChI=1S/C11H20O/c1-5-9(3)7-8-11(12)10(4)6-2/h7-10H,5-6H2,1-4H3/b8-7-. The monoisotopic (exact) mass is 168 g/mol. The van der Waals surface area contributed by atoms with E-state index in [9.17, 15) is 4.79 Å². The highest BCUT2D eigenvalue weighted by molar-refractivity contribution is 5.91. The first-order valence-corrected chi connectivity index (χ1v) is 4.83. The number of carbonyl (C=O) groups excluding carboxylic acids is 1. The summed E-state index contributed by atoms with van der Waals surface area (Å²) in [5.74, 6) is 0.973. The van der Waals surface area contributed by atoms with Crippen LogP contribution in [0.1, 0.15) is 40.5 Å². The predicted molar refractivity (Wildman–Crippen MR) is 53.1 cm³/mol. The van der Waals surface area contributed by atoms with Gasteiger partial charge in [0.15, 0.2) is 5.78 Å². The highest BCUT2D eigenvalue weighted by Crippen LogP contribution is 2.06. The molecule has 0 bridgehead atoms. The minimum atomic E-state index is 0.185. The molecule has 0 aliphatic carbocycles. The van der Waals surface area contributed by atoms with E-state index in [1.807, 2.05) is 19.9 Å². The van der Waals surface area contributed by atoms with E-state index in [-0.39, 0.29) is 11.7 Å². The highest BCUT2D eigenvalue weighted by Gasteiger charge is 2.06. The van der Waals surface area contributed by atoms with Crippen LogP contribution in [0.4, 0.5) is 0 Å². The molecule has 0 spiro atoms. The molecule has 2 unspecified atom stereocenters. The second-order valence-electron chi connectivity index (χ2n) is 3.46. The van der Waals surface area contributed by atoms with E-state index in [0.717, 1.165) is 12.8 Å². The van der Waals surface area contributed by atoms with Crippen molar-refractivity contribution >= 4 is 5.78 Å². The van der Waals surface area contributed by atoms with E-state index < -0.39 is 0 Å². The van der Waals surface area contributed by atoms with Gasteiger partial charge in [0.25, 0.3) is 0 Å². The van der Waals surface area contributed by atoms with Gasteiger partial charge < -0.3 is 0 Å². The summed E-state index contributed by atoms with van der Waals surface area (Å²) in [5.41, 5.74) is 0. The van der Waals surface area contributed by atoms with Crippen LogP contribution < -0.4 is 0 Å². The van der Waals surface area contributed by atoms with Crippen molar-refractivity contribution in [2.75, 3.05) is 0 Å². The van der Waals surface area contributed by atoms with E-state index in [1.54, 1.807) is 6.08 Å². The topological polar surface area (TPSA) is 17.1 Å². The van der Waals surface area contributed by atoms with Gasteiger partial charge in [-0.05, 0) is 18.4 Å². The van der Waals surface area contributed by atoms with Gasteiger partial charge in [0, 0.05) is 5.92 Å². The summed E-state index contributed by atoms with van der Waals surface area (Å²) in [6.45, 7) is 8.27. The van der Waals surface area contributed by atoms with E-state index >= 15 is 0 Å². The van der Waals surface area contributed by atoms with E-state index in [1.165, 1.54) is 0 Å². The summed E-state index contributed by atoms with van der Waals surface area (Å²) in [6.07, 6.45) is 5.78. The molecule has 0 saturated carbocycles. The number of allylic oxidation sites excluding steroid dienone is 2. The normalized spacial score (nSPS) is 16.3. The van der Waals surface area contributed by atoms with Gasteiger partial charge in [-0.15, -0.1) is 0 Å². The molecule has 2 atom stereocenters. The first-order chi connectivity index (χ1) is 5.61. The van der Waals surface area contributed by atoms with Crippen molar-refractivity contribution < 1.29 is 4.79 Å². The molecular formula is C11H20O. The minimum Gasteiger partial charge on any atom is -0.295 e. The van der Waals surface area contributed by atoms with Crippen molar-refractivity contribution in [3.63, 3.8) is 0 Å². The maximum absolute atomic E-state index is 11.3. The summed E-state index contributed by atoms with van der Waals surface area (Å²) < 4.78 is 0. The number of ketones is 1. The Morgan fingerprint density at radius 1 is 1.25 bits per heavy atom.